The number of hydrogen-bond donors (Lipinski definition) is 1. The van der Waals surface area contributed by atoms with Crippen molar-refractivity contribution >= 4 is 29.9 Å². The van der Waals surface area contributed by atoms with E-state index in [4.69, 9.17) is 9.31 Å². The third kappa shape index (κ3) is 4.32. The summed E-state index contributed by atoms with van der Waals surface area (Å²) < 4.78 is 40.4. The quantitative estimate of drug-likeness (QED) is 0.312. The number of Topliss-reactive ketones (excluding diaryl/α,β-unsaturated/α-hetero) is 1. The van der Waals surface area contributed by atoms with Gasteiger partial charge in [-0.25, -0.2) is 8.78 Å². The Balaban J connectivity index is 1.73. The first kappa shape index (κ1) is 24.9. The third-order valence-electron chi connectivity index (χ3n) is 6.23. The molecular weight excluding hydrogens is 493 g/mol. The summed E-state index contributed by atoms with van der Waals surface area (Å²) in [5.74, 6) is -3.96. The molecule has 5 rings (SSSR count). The number of aromatic hydroxyl groups is 1. The zero-order valence-electron chi connectivity index (χ0n) is 20.2. The van der Waals surface area contributed by atoms with E-state index in [0.29, 0.717) is 11.6 Å². The van der Waals surface area contributed by atoms with E-state index in [1.807, 2.05) is 0 Å². The fraction of sp³-hybridized carbons (Fsp3) is 0.0690. The van der Waals surface area contributed by atoms with Crippen LogP contribution >= 0.6 is 0 Å². The maximum absolute atomic E-state index is 14.2. The van der Waals surface area contributed by atoms with E-state index in [9.17, 15) is 28.3 Å². The van der Waals surface area contributed by atoms with Crippen LogP contribution in [0.2, 0.25) is 0 Å². The van der Waals surface area contributed by atoms with Crippen molar-refractivity contribution < 1.29 is 37.6 Å². The van der Waals surface area contributed by atoms with Crippen molar-refractivity contribution in [2.75, 3.05) is 0 Å². The average molecular weight is 512 g/mol. The number of ketones is 3. The minimum absolute atomic E-state index is 0.00934. The first-order valence-corrected chi connectivity index (χ1v) is 11.6. The van der Waals surface area contributed by atoms with Gasteiger partial charge in [0, 0.05) is 11.5 Å². The van der Waals surface area contributed by atoms with Crippen LogP contribution in [0.15, 0.2) is 72.8 Å². The number of hydrogen-bond acceptors (Lipinski definition) is 6. The van der Waals surface area contributed by atoms with Crippen molar-refractivity contribution in [3.8, 4) is 17.2 Å². The standard InChI is InChI=1S/C29H19BF2O6/c1-15-6-3-9-22-27(36)24-11-5-10-23(26(35)21-8-4-7-20(16(2)33)25(21)34)29(24)38-30(37-28(15)22)17-12-18(31)14-19(32)13-17/h3-14,34H,1-2H3. The Morgan fingerprint density at radius 1 is 0.789 bits per heavy atom. The molecule has 1 heterocycles. The third-order valence-corrected chi connectivity index (χ3v) is 6.23. The van der Waals surface area contributed by atoms with E-state index < -0.39 is 41.9 Å². The van der Waals surface area contributed by atoms with E-state index >= 15 is 0 Å². The highest BCUT2D eigenvalue weighted by atomic mass is 19.1. The Morgan fingerprint density at radius 3 is 2.03 bits per heavy atom. The molecule has 4 aromatic rings. The van der Waals surface area contributed by atoms with Gasteiger partial charge in [0.05, 0.1) is 27.8 Å². The maximum atomic E-state index is 14.2. The van der Waals surface area contributed by atoms with Gasteiger partial charge in [0.1, 0.15) is 28.9 Å². The summed E-state index contributed by atoms with van der Waals surface area (Å²) in [7, 11) is -1.45. The van der Waals surface area contributed by atoms with Crippen molar-refractivity contribution in [3.05, 3.63) is 118 Å². The largest absolute Gasteiger partial charge is 0.632 e. The van der Waals surface area contributed by atoms with Crippen molar-refractivity contribution in [3.63, 3.8) is 0 Å². The van der Waals surface area contributed by atoms with Crippen molar-refractivity contribution in [2.24, 2.45) is 0 Å². The molecule has 38 heavy (non-hydrogen) atoms. The Bertz CT molecular complexity index is 1630. The Hall–Kier alpha value is -4.79. The van der Waals surface area contributed by atoms with Crippen LogP contribution in [0.4, 0.5) is 8.78 Å². The zero-order valence-corrected chi connectivity index (χ0v) is 20.2. The molecule has 0 unspecified atom stereocenters. The van der Waals surface area contributed by atoms with Gasteiger partial charge in [-0.15, -0.1) is 0 Å². The maximum Gasteiger partial charge on any atom is 0.632 e. The van der Waals surface area contributed by atoms with Crippen LogP contribution in [0.25, 0.3) is 0 Å². The van der Waals surface area contributed by atoms with Crippen molar-refractivity contribution in [1.29, 1.82) is 0 Å². The number of phenols is 1. The molecule has 0 amide bonds. The molecule has 0 fully saturated rings. The molecule has 4 aromatic carbocycles. The van der Waals surface area contributed by atoms with Gasteiger partial charge in [-0.05, 0) is 61.9 Å². The minimum Gasteiger partial charge on any atom is -0.521 e. The van der Waals surface area contributed by atoms with Gasteiger partial charge < -0.3 is 14.4 Å². The van der Waals surface area contributed by atoms with E-state index in [2.05, 4.69) is 0 Å². The van der Waals surface area contributed by atoms with Gasteiger partial charge >= 0.3 is 7.12 Å². The van der Waals surface area contributed by atoms with Gasteiger partial charge in [-0.2, -0.15) is 0 Å². The molecule has 0 saturated carbocycles. The summed E-state index contributed by atoms with van der Waals surface area (Å²) in [5, 5.41) is 10.6. The van der Waals surface area contributed by atoms with Crippen molar-refractivity contribution in [2.45, 2.75) is 13.8 Å². The topological polar surface area (TPSA) is 89.9 Å². The van der Waals surface area contributed by atoms with Crippen LogP contribution in [0.1, 0.15) is 54.7 Å². The Kier molecular flexibility index (Phi) is 6.28. The second kappa shape index (κ2) is 9.59. The summed E-state index contributed by atoms with van der Waals surface area (Å²) in [5.41, 5.74) is 0.386. The van der Waals surface area contributed by atoms with E-state index in [1.54, 1.807) is 25.1 Å². The molecule has 1 N–H and O–H groups in total. The fourth-order valence-electron chi connectivity index (χ4n) is 4.40. The second-order valence-electron chi connectivity index (χ2n) is 8.82. The molecular formula is C29H19BF2O6. The Morgan fingerprint density at radius 2 is 1.34 bits per heavy atom. The molecule has 0 atom stereocenters. The number of aryl methyl sites for hydroxylation is 1. The monoisotopic (exact) mass is 512 g/mol. The van der Waals surface area contributed by atoms with E-state index in [-0.39, 0.29) is 44.8 Å². The number of carbonyl (C=O) groups excluding carboxylic acids is 3. The van der Waals surface area contributed by atoms with E-state index in [0.717, 1.165) is 12.1 Å². The lowest BCUT2D eigenvalue weighted by molar-refractivity contribution is 0.101. The smallest absolute Gasteiger partial charge is 0.521 e. The SMILES string of the molecule is CC(=O)c1cccc(C(=O)c2cccc3c2OB(c2cc(F)cc(F)c2)Oc2c(C)cccc2C3=O)c1O. The van der Waals surface area contributed by atoms with Gasteiger partial charge in [0.25, 0.3) is 0 Å². The molecule has 6 nitrogen and oxygen atoms in total. The van der Waals surface area contributed by atoms with Gasteiger partial charge in [0.15, 0.2) is 17.3 Å². The second-order valence-corrected chi connectivity index (χ2v) is 8.82. The van der Waals surface area contributed by atoms with E-state index in [1.165, 1.54) is 43.3 Å². The lowest BCUT2D eigenvalue weighted by Gasteiger charge is -2.26. The molecule has 1 aliphatic heterocycles. The van der Waals surface area contributed by atoms with Crippen LogP contribution in [0, 0.1) is 18.6 Å². The zero-order chi connectivity index (χ0) is 27.1. The highest BCUT2D eigenvalue weighted by Gasteiger charge is 2.37. The first-order valence-electron chi connectivity index (χ1n) is 11.6. The Labute approximate surface area is 216 Å². The molecule has 0 aromatic heterocycles. The van der Waals surface area contributed by atoms with Crippen LogP contribution in [-0.2, 0) is 0 Å². The molecule has 0 aliphatic carbocycles. The van der Waals surface area contributed by atoms with Crippen LogP contribution < -0.4 is 14.8 Å². The number of phenolic OH excluding ortho intramolecular Hbond substituents is 1. The van der Waals surface area contributed by atoms with Gasteiger partial charge in [-0.1, -0.05) is 24.3 Å². The molecule has 188 valence electrons. The summed E-state index contributed by atoms with van der Waals surface area (Å²) in [6.07, 6.45) is 0. The lowest BCUT2D eigenvalue weighted by atomic mass is 9.77. The summed E-state index contributed by atoms with van der Waals surface area (Å²) in [6.45, 7) is 2.96. The molecule has 0 spiro atoms. The molecule has 0 bridgehead atoms. The summed E-state index contributed by atoms with van der Waals surface area (Å²) >= 11 is 0. The predicted octanol–water partition coefficient (Wildman–Crippen LogP) is 4.81. The normalized spacial score (nSPS) is 12.4. The number of halogens is 2. The number of carbonyl (C=O) groups is 3. The van der Waals surface area contributed by atoms with Crippen LogP contribution in [0.3, 0.4) is 0 Å². The highest BCUT2D eigenvalue weighted by molar-refractivity contribution is 6.63. The number of fused-ring (bicyclic) bond motifs is 2. The van der Waals surface area contributed by atoms with Gasteiger partial charge in [0.2, 0.25) is 0 Å². The number of benzene rings is 4. The average Bonchev–Trinajstić information content (AvgIpc) is 2.87. The lowest BCUT2D eigenvalue weighted by Crippen LogP contribution is -2.45. The van der Waals surface area contributed by atoms with Crippen molar-refractivity contribution in [1.82, 2.24) is 0 Å². The van der Waals surface area contributed by atoms with Gasteiger partial charge in [-0.3, -0.25) is 14.4 Å². The summed E-state index contributed by atoms with van der Waals surface area (Å²) in [6, 6.07) is 16.2. The number of para-hydroxylation sites is 3. The molecule has 0 radical (unpaired) electrons. The molecule has 0 saturated heterocycles. The first-order chi connectivity index (χ1) is 18.2. The highest BCUT2D eigenvalue weighted by Crippen LogP contribution is 2.36. The molecule has 1 aliphatic rings. The minimum atomic E-state index is -1.45. The molecule has 9 heteroatoms. The van der Waals surface area contributed by atoms with Crippen LogP contribution in [0.5, 0.6) is 17.2 Å². The fourth-order valence-corrected chi connectivity index (χ4v) is 4.40. The predicted molar refractivity (Wildman–Crippen MR) is 136 cm³/mol. The van der Waals surface area contributed by atoms with Crippen LogP contribution in [-0.4, -0.2) is 29.6 Å². The number of rotatable bonds is 4. The summed E-state index contributed by atoms with van der Waals surface area (Å²) in [4.78, 5) is 39.2.